The third kappa shape index (κ3) is 4.24. The minimum absolute atomic E-state index is 0.0826. The van der Waals surface area contributed by atoms with Crippen LogP contribution in [0, 0.1) is 0 Å². The Morgan fingerprint density at radius 1 is 1.08 bits per heavy atom. The molecule has 3 rings (SSSR count). The number of aromatic nitrogens is 1. The van der Waals surface area contributed by atoms with Crippen molar-refractivity contribution in [2.75, 3.05) is 0 Å². The van der Waals surface area contributed by atoms with E-state index in [2.05, 4.69) is 9.72 Å². The van der Waals surface area contributed by atoms with Gasteiger partial charge in [-0.05, 0) is 35.4 Å². The lowest BCUT2D eigenvalue weighted by Crippen LogP contribution is -2.03. The molecular formula is C17H12ClNO4S. The highest BCUT2D eigenvalue weighted by Crippen LogP contribution is 2.25. The van der Waals surface area contributed by atoms with Gasteiger partial charge in [0.15, 0.2) is 0 Å². The highest BCUT2D eigenvalue weighted by molar-refractivity contribution is 7.11. The van der Waals surface area contributed by atoms with Gasteiger partial charge in [-0.25, -0.2) is 9.78 Å². The molecule has 1 aromatic heterocycles. The SMILES string of the molecule is O=C(O)Oc1nc(COc2ccc(-c3ccc(Cl)cc3)cc2)cs1. The van der Waals surface area contributed by atoms with Crippen LogP contribution in [0.25, 0.3) is 11.1 Å². The fraction of sp³-hybridized carbons (Fsp3) is 0.0588. The van der Waals surface area contributed by atoms with Crippen LogP contribution in [-0.2, 0) is 6.61 Å². The van der Waals surface area contributed by atoms with Crippen LogP contribution in [0.15, 0.2) is 53.9 Å². The smallest absolute Gasteiger partial charge is 0.487 e. The second kappa shape index (κ2) is 7.33. The zero-order valence-electron chi connectivity index (χ0n) is 12.3. The van der Waals surface area contributed by atoms with E-state index in [4.69, 9.17) is 21.4 Å². The normalized spacial score (nSPS) is 10.4. The highest BCUT2D eigenvalue weighted by Gasteiger charge is 2.07. The standard InChI is InChI=1S/C17H12ClNO4S/c18-13-5-1-11(2-6-13)12-3-7-15(8-4-12)22-9-14-10-24-16(19-14)23-17(20)21/h1-8,10H,9H2,(H,20,21). The van der Waals surface area contributed by atoms with Gasteiger partial charge >= 0.3 is 6.16 Å². The van der Waals surface area contributed by atoms with E-state index in [1.165, 1.54) is 0 Å². The third-order valence-electron chi connectivity index (χ3n) is 3.12. The van der Waals surface area contributed by atoms with E-state index in [1.54, 1.807) is 5.38 Å². The number of hydrogen-bond acceptors (Lipinski definition) is 5. The van der Waals surface area contributed by atoms with Crippen LogP contribution in [0.4, 0.5) is 4.79 Å². The maximum Gasteiger partial charge on any atom is 0.513 e. The number of carbonyl (C=O) groups is 1. The van der Waals surface area contributed by atoms with E-state index < -0.39 is 6.16 Å². The molecule has 5 nitrogen and oxygen atoms in total. The fourth-order valence-electron chi connectivity index (χ4n) is 2.02. The third-order valence-corrected chi connectivity index (χ3v) is 4.14. The van der Waals surface area contributed by atoms with Crippen molar-refractivity contribution >= 4 is 29.1 Å². The summed E-state index contributed by atoms with van der Waals surface area (Å²) in [5.74, 6) is 0.696. The molecule has 122 valence electrons. The summed E-state index contributed by atoms with van der Waals surface area (Å²) in [4.78, 5) is 14.4. The van der Waals surface area contributed by atoms with Crippen LogP contribution >= 0.6 is 22.9 Å². The van der Waals surface area contributed by atoms with Crippen molar-refractivity contribution in [3.8, 4) is 22.1 Å². The summed E-state index contributed by atoms with van der Waals surface area (Å²) >= 11 is 7.00. The van der Waals surface area contributed by atoms with Crippen LogP contribution < -0.4 is 9.47 Å². The van der Waals surface area contributed by atoms with Gasteiger partial charge in [0, 0.05) is 10.4 Å². The summed E-state index contributed by atoms with van der Waals surface area (Å²) in [6.45, 7) is 0.236. The van der Waals surface area contributed by atoms with Gasteiger partial charge in [0.05, 0.1) is 5.69 Å². The number of rotatable bonds is 5. The maximum absolute atomic E-state index is 10.4. The number of ether oxygens (including phenoxy) is 2. The van der Waals surface area contributed by atoms with E-state index >= 15 is 0 Å². The molecule has 0 unspecified atom stereocenters. The molecule has 0 bridgehead atoms. The number of halogens is 1. The Balaban J connectivity index is 1.61. The molecule has 0 spiro atoms. The van der Waals surface area contributed by atoms with Crippen molar-refractivity contribution in [2.24, 2.45) is 0 Å². The molecule has 1 N–H and O–H groups in total. The predicted molar refractivity (Wildman–Crippen MR) is 92.0 cm³/mol. The van der Waals surface area contributed by atoms with Gasteiger partial charge in [-0.1, -0.05) is 47.2 Å². The molecule has 0 fully saturated rings. The molecule has 0 aliphatic rings. The Hall–Kier alpha value is -2.57. The predicted octanol–water partition coefficient (Wildman–Crippen LogP) is 5.10. The summed E-state index contributed by atoms with van der Waals surface area (Å²) in [6.07, 6.45) is -1.38. The van der Waals surface area contributed by atoms with Crippen molar-refractivity contribution in [3.05, 3.63) is 64.6 Å². The Morgan fingerprint density at radius 2 is 1.71 bits per heavy atom. The summed E-state index contributed by atoms with van der Waals surface area (Å²) in [5.41, 5.74) is 2.74. The quantitative estimate of drug-likeness (QED) is 0.640. The van der Waals surface area contributed by atoms with E-state index in [0.717, 1.165) is 22.5 Å². The van der Waals surface area contributed by atoms with Crippen LogP contribution in [0.1, 0.15) is 5.69 Å². The molecule has 0 aliphatic heterocycles. The number of hydrogen-bond donors (Lipinski definition) is 1. The number of carboxylic acid groups (broad SMARTS) is 1. The van der Waals surface area contributed by atoms with Gasteiger partial charge < -0.3 is 14.6 Å². The Kier molecular flexibility index (Phi) is 4.98. The molecule has 0 saturated heterocycles. The molecule has 7 heteroatoms. The summed E-state index contributed by atoms with van der Waals surface area (Å²) in [5, 5.41) is 11.0. The van der Waals surface area contributed by atoms with E-state index in [9.17, 15) is 4.79 Å². The van der Waals surface area contributed by atoms with Gasteiger partial charge in [-0.3, -0.25) is 0 Å². The first-order chi connectivity index (χ1) is 11.6. The first-order valence-corrected chi connectivity index (χ1v) is 8.20. The Bertz CT molecular complexity index is 831. The summed E-state index contributed by atoms with van der Waals surface area (Å²) in [6, 6.07) is 15.3. The molecule has 24 heavy (non-hydrogen) atoms. The summed E-state index contributed by atoms with van der Waals surface area (Å²) in [7, 11) is 0. The average molecular weight is 362 g/mol. The minimum atomic E-state index is -1.38. The van der Waals surface area contributed by atoms with Gasteiger partial charge in [0.2, 0.25) is 0 Å². The lowest BCUT2D eigenvalue weighted by atomic mass is 10.1. The van der Waals surface area contributed by atoms with Crippen molar-refractivity contribution in [3.63, 3.8) is 0 Å². The van der Waals surface area contributed by atoms with Gasteiger partial charge in [-0.15, -0.1) is 0 Å². The van der Waals surface area contributed by atoms with Gasteiger partial charge in [0.25, 0.3) is 5.19 Å². The first kappa shape index (κ1) is 16.3. The molecule has 0 saturated carbocycles. The van der Waals surface area contributed by atoms with Crippen LogP contribution in [0.2, 0.25) is 5.02 Å². The molecule has 0 radical (unpaired) electrons. The number of thiazole rings is 1. The molecule has 0 atom stereocenters. The minimum Gasteiger partial charge on any atom is -0.487 e. The Morgan fingerprint density at radius 3 is 2.33 bits per heavy atom. The van der Waals surface area contributed by atoms with Crippen molar-refractivity contribution in [2.45, 2.75) is 6.61 Å². The van der Waals surface area contributed by atoms with Gasteiger partial charge in [-0.2, -0.15) is 0 Å². The zero-order valence-corrected chi connectivity index (χ0v) is 13.9. The van der Waals surface area contributed by atoms with E-state index in [0.29, 0.717) is 16.5 Å². The summed E-state index contributed by atoms with van der Waals surface area (Å²) < 4.78 is 10.1. The fourth-order valence-corrected chi connectivity index (χ4v) is 2.79. The second-order valence-electron chi connectivity index (χ2n) is 4.79. The zero-order chi connectivity index (χ0) is 16.9. The molecule has 1 heterocycles. The molecule has 0 amide bonds. The molecule has 2 aromatic carbocycles. The average Bonchev–Trinajstić information content (AvgIpc) is 3.01. The maximum atomic E-state index is 10.4. The Labute approximate surface area is 147 Å². The molecular weight excluding hydrogens is 350 g/mol. The lowest BCUT2D eigenvalue weighted by molar-refractivity contribution is 0.144. The van der Waals surface area contributed by atoms with Crippen molar-refractivity contribution in [1.82, 2.24) is 4.98 Å². The van der Waals surface area contributed by atoms with Crippen LogP contribution in [0.5, 0.6) is 10.9 Å². The molecule has 3 aromatic rings. The largest absolute Gasteiger partial charge is 0.513 e. The highest BCUT2D eigenvalue weighted by atomic mass is 35.5. The van der Waals surface area contributed by atoms with E-state index in [1.807, 2.05) is 48.5 Å². The van der Waals surface area contributed by atoms with Gasteiger partial charge in [0.1, 0.15) is 12.4 Å². The second-order valence-corrected chi connectivity index (χ2v) is 6.05. The van der Waals surface area contributed by atoms with Crippen LogP contribution in [-0.4, -0.2) is 16.2 Å². The number of benzene rings is 2. The van der Waals surface area contributed by atoms with Crippen molar-refractivity contribution < 1.29 is 19.4 Å². The lowest BCUT2D eigenvalue weighted by Gasteiger charge is -2.06. The first-order valence-electron chi connectivity index (χ1n) is 6.94. The number of nitrogens with zero attached hydrogens (tertiary/aromatic N) is 1. The molecule has 0 aliphatic carbocycles. The van der Waals surface area contributed by atoms with E-state index in [-0.39, 0.29) is 11.8 Å². The topological polar surface area (TPSA) is 68.7 Å². The van der Waals surface area contributed by atoms with Crippen molar-refractivity contribution in [1.29, 1.82) is 0 Å². The van der Waals surface area contributed by atoms with Crippen LogP contribution in [0.3, 0.4) is 0 Å². The monoisotopic (exact) mass is 361 g/mol.